The van der Waals surface area contributed by atoms with Crippen LogP contribution in [0, 0.1) is 17.5 Å². The van der Waals surface area contributed by atoms with Gasteiger partial charge in [-0.05, 0) is 24.1 Å². The van der Waals surface area contributed by atoms with E-state index in [9.17, 15) is 18.0 Å². The lowest BCUT2D eigenvalue weighted by Gasteiger charge is -2.18. The van der Waals surface area contributed by atoms with Gasteiger partial charge in [-0.1, -0.05) is 30.3 Å². The molecule has 3 nitrogen and oxygen atoms in total. The largest absolute Gasteiger partial charge is 0.396 e. The Hall–Kier alpha value is -2.34. The Balaban J connectivity index is 2.24. The lowest BCUT2D eigenvalue weighted by molar-refractivity contribution is 0.0924. The Morgan fingerprint density at radius 2 is 1.73 bits per heavy atom. The topological polar surface area (TPSA) is 49.3 Å². The second kappa shape index (κ2) is 7.09. The highest BCUT2D eigenvalue weighted by atomic mass is 19.2. The standard InChI is InChI=1S/C16H14F3NO2/c17-12-7-6-11(14(18)15(12)19)16(22)20-13(8-9-21)10-4-2-1-3-5-10/h1-7,13,21H,8-9H2,(H,20,22). The fraction of sp³-hybridized carbons (Fsp3) is 0.188. The van der Waals surface area contributed by atoms with Gasteiger partial charge in [0.2, 0.25) is 0 Å². The molecule has 0 saturated carbocycles. The maximum atomic E-state index is 13.6. The van der Waals surface area contributed by atoms with Crippen molar-refractivity contribution in [2.75, 3.05) is 6.61 Å². The molecule has 0 aliphatic rings. The smallest absolute Gasteiger partial charge is 0.254 e. The minimum Gasteiger partial charge on any atom is -0.396 e. The second-order valence-corrected chi connectivity index (χ2v) is 4.67. The number of hydrogen-bond acceptors (Lipinski definition) is 2. The first-order valence-corrected chi connectivity index (χ1v) is 6.64. The summed E-state index contributed by atoms with van der Waals surface area (Å²) in [5.74, 6) is -5.46. The Labute approximate surface area is 125 Å². The third-order valence-corrected chi connectivity index (χ3v) is 3.20. The number of amides is 1. The SMILES string of the molecule is O=C(NC(CCO)c1ccccc1)c1ccc(F)c(F)c1F. The third-order valence-electron chi connectivity index (χ3n) is 3.20. The van der Waals surface area contributed by atoms with Crippen LogP contribution in [-0.2, 0) is 0 Å². The third kappa shape index (κ3) is 3.46. The van der Waals surface area contributed by atoms with Gasteiger partial charge in [-0.3, -0.25) is 4.79 Å². The highest BCUT2D eigenvalue weighted by molar-refractivity contribution is 5.94. The molecule has 0 aliphatic carbocycles. The van der Waals surface area contributed by atoms with Gasteiger partial charge in [0.15, 0.2) is 17.5 Å². The Kier molecular flexibility index (Phi) is 5.16. The molecule has 2 aromatic carbocycles. The number of rotatable bonds is 5. The van der Waals surface area contributed by atoms with Crippen molar-refractivity contribution in [1.29, 1.82) is 0 Å². The van der Waals surface area contributed by atoms with E-state index in [-0.39, 0.29) is 13.0 Å². The summed E-state index contributed by atoms with van der Waals surface area (Å²) < 4.78 is 39.7. The number of aliphatic hydroxyl groups is 1. The number of carbonyl (C=O) groups excluding carboxylic acids is 1. The highest BCUT2D eigenvalue weighted by Crippen LogP contribution is 2.19. The fourth-order valence-corrected chi connectivity index (χ4v) is 2.07. The van der Waals surface area contributed by atoms with Crippen LogP contribution >= 0.6 is 0 Å². The molecule has 0 bridgehead atoms. The molecule has 1 atom stereocenters. The van der Waals surface area contributed by atoms with Crippen LogP contribution in [0.15, 0.2) is 42.5 Å². The number of hydrogen-bond donors (Lipinski definition) is 2. The van der Waals surface area contributed by atoms with E-state index in [0.29, 0.717) is 11.6 Å². The van der Waals surface area contributed by atoms with Crippen molar-refractivity contribution in [3.8, 4) is 0 Å². The summed E-state index contributed by atoms with van der Waals surface area (Å²) in [7, 11) is 0. The molecule has 2 rings (SSSR count). The van der Waals surface area contributed by atoms with Crippen molar-refractivity contribution >= 4 is 5.91 Å². The molecule has 0 aliphatic heterocycles. The summed E-state index contributed by atoms with van der Waals surface area (Å²) in [5, 5.41) is 11.6. The first-order chi connectivity index (χ1) is 10.5. The minimum absolute atomic E-state index is 0.194. The van der Waals surface area contributed by atoms with Crippen molar-refractivity contribution in [2.45, 2.75) is 12.5 Å². The summed E-state index contributed by atoms with van der Waals surface area (Å²) in [6.45, 7) is -0.194. The Bertz CT molecular complexity index is 662. The maximum absolute atomic E-state index is 13.6. The van der Waals surface area contributed by atoms with Gasteiger partial charge in [0.25, 0.3) is 5.91 Å². The van der Waals surface area contributed by atoms with Crippen LogP contribution in [0.25, 0.3) is 0 Å². The molecule has 6 heteroatoms. The normalized spacial score (nSPS) is 12.0. The lowest BCUT2D eigenvalue weighted by atomic mass is 10.0. The highest BCUT2D eigenvalue weighted by Gasteiger charge is 2.21. The molecule has 0 fully saturated rings. The molecule has 0 aromatic heterocycles. The van der Waals surface area contributed by atoms with Crippen molar-refractivity contribution in [3.63, 3.8) is 0 Å². The van der Waals surface area contributed by atoms with Gasteiger partial charge >= 0.3 is 0 Å². The summed E-state index contributed by atoms with van der Waals surface area (Å²) >= 11 is 0. The van der Waals surface area contributed by atoms with E-state index in [1.165, 1.54) is 0 Å². The average molecular weight is 309 g/mol. The summed E-state index contributed by atoms with van der Waals surface area (Å²) in [5.41, 5.74) is 0.130. The van der Waals surface area contributed by atoms with E-state index in [2.05, 4.69) is 5.32 Å². The zero-order valence-corrected chi connectivity index (χ0v) is 11.5. The fourth-order valence-electron chi connectivity index (χ4n) is 2.07. The predicted octanol–water partition coefficient (Wildman–Crippen LogP) is 2.96. The van der Waals surface area contributed by atoms with Crippen molar-refractivity contribution in [3.05, 3.63) is 71.0 Å². The average Bonchev–Trinajstić information content (AvgIpc) is 2.53. The van der Waals surface area contributed by atoms with Gasteiger partial charge in [-0.25, -0.2) is 13.2 Å². The van der Waals surface area contributed by atoms with Crippen LogP contribution in [0.1, 0.15) is 28.4 Å². The van der Waals surface area contributed by atoms with Crippen molar-refractivity contribution < 1.29 is 23.1 Å². The Morgan fingerprint density at radius 1 is 1.05 bits per heavy atom. The molecule has 1 amide bonds. The van der Waals surface area contributed by atoms with E-state index in [4.69, 9.17) is 5.11 Å². The number of aliphatic hydroxyl groups excluding tert-OH is 1. The van der Waals surface area contributed by atoms with Crippen LogP contribution in [-0.4, -0.2) is 17.6 Å². The van der Waals surface area contributed by atoms with Gasteiger partial charge in [0.05, 0.1) is 11.6 Å². The predicted molar refractivity (Wildman–Crippen MR) is 74.7 cm³/mol. The van der Waals surface area contributed by atoms with E-state index in [1.807, 2.05) is 0 Å². The zero-order chi connectivity index (χ0) is 16.1. The van der Waals surface area contributed by atoms with Gasteiger partial charge in [-0.2, -0.15) is 0 Å². The molecule has 0 saturated heterocycles. The van der Waals surface area contributed by atoms with Gasteiger partial charge in [-0.15, -0.1) is 0 Å². The van der Waals surface area contributed by atoms with Crippen LogP contribution < -0.4 is 5.32 Å². The molecule has 2 N–H and O–H groups in total. The van der Waals surface area contributed by atoms with Crippen LogP contribution in [0.3, 0.4) is 0 Å². The molecule has 0 radical (unpaired) electrons. The van der Waals surface area contributed by atoms with Gasteiger partial charge in [0, 0.05) is 6.61 Å². The first kappa shape index (κ1) is 16.0. The first-order valence-electron chi connectivity index (χ1n) is 6.64. The molecule has 0 spiro atoms. The lowest BCUT2D eigenvalue weighted by Crippen LogP contribution is -2.30. The number of nitrogens with one attached hydrogen (secondary N) is 1. The monoisotopic (exact) mass is 309 g/mol. The molecular formula is C16H14F3NO2. The molecule has 0 heterocycles. The molecular weight excluding hydrogens is 295 g/mol. The van der Waals surface area contributed by atoms with Crippen LogP contribution in [0.4, 0.5) is 13.2 Å². The molecule has 116 valence electrons. The summed E-state index contributed by atoms with van der Waals surface area (Å²) in [6.07, 6.45) is 0.209. The number of halogens is 3. The van der Waals surface area contributed by atoms with E-state index in [1.54, 1.807) is 30.3 Å². The number of benzene rings is 2. The quantitative estimate of drug-likeness (QED) is 0.834. The maximum Gasteiger partial charge on any atom is 0.254 e. The number of carbonyl (C=O) groups is 1. The van der Waals surface area contributed by atoms with E-state index >= 15 is 0 Å². The van der Waals surface area contributed by atoms with E-state index in [0.717, 1.165) is 6.07 Å². The van der Waals surface area contributed by atoms with Crippen LogP contribution in [0.5, 0.6) is 0 Å². The van der Waals surface area contributed by atoms with Gasteiger partial charge in [0.1, 0.15) is 0 Å². The molecule has 22 heavy (non-hydrogen) atoms. The molecule has 2 aromatic rings. The van der Waals surface area contributed by atoms with Crippen molar-refractivity contribution in [1.82, 2.24) is 5.32 Å². The minimum atomic E-state index is -1.69. The van der Waals surface area contributed by atoms with Crippen molar-refractivity contribution in [2.24, 2.45) is 0 Å². The van der Waals surface area contributed by atoms with Crippen LogP contribution in [0.2, 0.25) is 0 Å². The molecule has 1 unspecified atom stereocenters. The summed E-state index contributed by atoms with van der Waals surface area (Å²) in [4.78, 5) is 12.1. The second-order valence-electron chi connectivity index (χ2n) is 4.67. The summed E-state index contributed by atoms with van der Waals surface area (Å²) in [6, 6.07) is 9.78. The van der Waals surface area contributed by atoms with Gasteiger partial charge < -0.3 is 10.4 Å². The Morgan fingerprint density at radius 3 is 2.36 bits per heavy atom. The van der Waals surface area contributed by atoms with E-state index < -0.39 is 35.0 Å². The zero-order valence-electron chi connectivity index (χ0n) is 11.5.